The molecule has 0 spiro atoms. The number of rotatable bonds is 10. The molecular formula is C33H25BrF3N3O6. The second-order valence-corrected chi connectivity index (χ2v) is 11.1. The number of carbonyl (C=O) groups is 3. The van der Waals surface area contributed by atoms with Crippen LogP contribution < -0.4 is 10.1 Å². The summed E-state index contributed by atoms with van der Waals surface area (Å²) in [6, 6.07) is 21.5. The van der Waals surface area contributed by atoms with E-state index in [4.69, 9.17) is 9.15 Å². The molecule has 0 atom stereocenters. The number of amides is 2. The van der Waals surface area contributed by atoms with E-state index in [0.717, 1.165) is 21.0 Å². The topological polar surface area (TPSA) is 122 Å². The van der Waals surface area contributed by atoms with E-state index in [9.17, 15) is 32.7 Å². The number of aliphatic carboxylic acids is 1. The van der Waals surface area contributed by atoms with Gasteiger partial charge in [-0.3, -0.25) is 14.4 Å². The number of benzene rings is 4. The second-order valence-electron chi connectivity index (χ2n) is 10.2. The van der Waals surface area contributed by atoms with Gasteiger partial charge in [-0.15, -0.1) is 0 Å². The van der Waals surface area contributed by atoms with E-state index in [1.54, 1.807) is 18.2 Å². The van der Waals surface area contributed by atoms with Crippen molar-refractivity contribution in [3.8, 4) is 17.2 Å². The van der Waals surface area contributed by atoms with Crippen molar-refractivity contribution < 1.29 is 41.8 Å². The Morgan fingerprint density at radius 3 is 2.35 bits per heavy atom. The van der Waals surface area contributed by atoms with Crippen LogP contribution in [0, 0.1) is 0 Å². The molecule has 5 rings (SSSR count). The summed E-state index contributed by atoms with van der Waals surface area (Å²) >= 11 is 3.39. The van der Waals surface area contributed by atoms with E-state index in [2.05, 4.69) is 26.2 Å². The van der Waals surface area contributed by atoms with Gasteiger partial charge in [-0.05, 0) is 83.9 Å². The molecule has 0 aliphatic heterocycles. The van der Waals surface area contributed by atoms with Crippen LogP contribution in [0.15, 0.2) is 93.8 Å². The van der Waals surface area contributed by atoms with Crippen LogP contribution in [-0.4, -0.2) is 46.4 Å². The first-order valence-corrected chi connectivity index (χ1v) is 14.5. The van der Waals surface area contributed by atoms with Gasteiger partial charge in [0.25, 0.3) is 5.91 Å². The van der Waals surface area contributed by atoms with Crippen LogP contribution in [0.4, 0.5) is 18.9 Å². The van der Waals surface area contributed by atoms with Crippen LogP contribution in [-0.2, 0) is 28.7 Å². The third-order valence-electron chi connectivity index (χ3n) is 6.92. The number of aromatic nitrogens is 1. The number of methoxy groups -OCH3 is 1. The predicted octanol–water partition coefficient (Wildman–Crippen LogP) is 7.19. The number of carboxylic acids is 1. The lowest BCUT2D eigenvalue weighted by molar-refractivity contribution is -0.139. The van der Waals surface area contributed by atoms with Crippen molar-refractivity contribution in [1.29, 1.82) is 0 Å². The molecule has 46 heavy (non-hydrogen) atoms. The third kappa shape index (κ3) is 7.72. The van der Waals surface area contributed by atoms with Gasteiger partial charge in [0.05, 0.1) is 19.1 Å². The number of anilines is 1. The van der Waals surface area contributed by atoms with Crippen LogP contribution in [0.2, 0.25) is 0 Å². The molecule has 2 amide bonds. The lowest BCUT2D eigenvalue weighted by Gasteiger charge is -2.21. The average molecular weight is 696 g/mol. The van der Waals surface area contributed by atoms with Crippen LogP contribution in [0.1, 0.15) is 27.0 Å². The highest BCUT2D eigenvalue weighted by Crippen LogP contribution is 2.35. The Balaban J connectivity index is 1.28. The molecule has 0 saturated heterocycles. The Bertz CT molecular complexity index is 1910. The molecule has 9 nitrogen and oxygen atoms in total. The lowest BCUT2D eigenvalue weighted by atomic mass is 10.0. The van der Waals surface area contributed by atoms with Crippen molar-refractivity contribution in [3.63, 3.8) is 0 Å². The Labute approximate surface area is 268 Å². The quantitative estimate of drug-likeness (QED) is 0.159. The molecule has 236 valence electrons. The van der Waals surface area contributed by atoms with Gasteiger partial charge in [-0.2, -0.15) is 13.2 Å². The number of hydrogen-bond acceptors (Lipinski definition) is 6. The summed E-state index contributed by atoms with van der Waals surface area (Å²) in [6.45, 7) is -0.628. The van der Waals surface area contributed by atoms with Crippen molar-refractivity contribution >= 4 is 50.5 Å². The number of nitrogens with zero attached hydrogens (tertiary/aromatic N) is 2. The van der Waals surface area contributed by atoms with Crippen molar-refractivity contribution in [2.75, 3.05) is 19.0 Å². The van der Waals surface area contributed by atoms with Crippen LogP contribution in [0.3, 0.4) is 0 Å². The predicted molar refractivity (Wildman–Crippen MR) is 166 cm³/mol. The number of carbonyl (C=O) groups excluding carboxylic acids is 2. The highest BCUT2D eigenvalue weighted by Gasteiger charge is 2.34. The maximum absolute atomic E-state index is 13.5. The Morgan fingerprint density at radius 2 is 1.70 bits per heavy atom. The zero-order chi connectivity index (χ0) is 33.0. The molecule has 2 N–H and O–H groups in total. The monoisotopic (exact) mass is 695 g/mol. The molecule has 13 heteroatoms. The molecule has 1 aromatic heterocycles. The molecule has 0 fully saturated rings. The molecule has 4 aromatic carbocycles. The maximum Gasteiger partial charge on any atom is 0.416 e. The van der Waals surface area contributed by atoms with Gasteiger partial charge in [0, 0.05) is 27.8 Å². The summed E-state index contributed by atoms with van der Waals surface area (Å²) in [6.07, 6.45) is -5.23. The molecule has 5 aromatic rings. The van der Waals surface area contributed by atoms with E-state index >= 15 is 0 Å². The average Bonchev–Trinajstić information content (AvgIpc) is 3.44. The summed E-state index contributed by atoms with van der Waals surface area (Å²) in [5.74, 6) is -2.07. The number of fused-ring (bicyclic) bond motifs is 1. The molecule has 0 radical (unpaired) electrons. The van der Waals surface area contributed by atoms with Crippen LogP contribution >= 0.6 is 15.9 Å². The fourth-order valence-corrected chi connectivity index (χ4v) is 4.99. The van der Waals surface area contributed by atoms with Crippen molar-refractivity contribution in [2.24, 2.45) is 0 Å². The van der Waals surface area contributed by atoms with Gasteiger partial charge in [0.2, 0.25) is 11.8 Å². The van der Waals surface area contributed by atoms with E-state index in [0.29, 0.717) is 22.6 Å². The first-order valence-electron chi connectivity index (χ1n) is 13.7. The van der Waals surface area contributed by atoms with E-state index in [1.807, 2.05) is 24.3 Å². The zero-order valence-corrected chi connectivity index (χ0v) is 25.7. The van der Waals surface area contributed by atoms with Crippen LogP contribution in [0.5, 0.6) is 5.75 Å². The van der Waals surface area contributed by atoms with Gasteiger partial charge in [0.1, 0.15) is 17.8 Å². The first kappa shape index (κ1) is 32.2. The maximum atomic E-state index is 13.5. The summed E-state index contributed by atoms with van der Waals surface area (Å²) in [7, 11) is 1.25. The molecule has 0 aliphatic carbocycles. The lowest BCUT2D eigenvalue weighted by Crippen LogP contribution is -2.35. The second kappa shape index (κ2) is 13.4. The molecule has 0 saturated carbocycles. The fourth-order valence-electron chi connectivity index (χ4n) is 4.72. The smallest absolute Gasteiger partial charge is 0.416 e. The molecule has 0 unspecified atom stereocenters. The first-order chi connectivity index (χ1) is 21.9. The number of ether oxygens (including phenoxy) is 1. The number of hydrogen-bond donors (Lipinski definition) is 2. The van der Waals surface area contributed by atoms with Gasteiger partial charge < -0.3 is 24.5 Å². The summed E-state index contributed by atoms with van der Waals surface area (Å²) in [5, 5.41) is 12.0. The largest absolute Gasteiger partial charge is 0.497 e. The minimum absolute atomic E-state index is 0.0121. The number of nitrogens with one attached hydrogen (secondary N) is 1. The Kier molecular flexibility index (Phi) is 9.42. The van der Waals surface area contributed by atoms with Gasteiger partial charge in [0.15, 0.2) is 5.58 Å². The highest BCUT2D eigenvalue weighted by molar-refractivity contribution is 9.10. The summed E-state index contributed by atoms with van der Waals surface area (Å²) < 4.78 is 52.3. The number of oxazole rings is 1. The van der Waals surface area contributed by atoms with E-state index < -0.39 is 42.5 Å². The minimum atomic E-state index is -4.68. The zero-order valence-electron chi connectivity index (χ0n) is 24.1. The van der Waals surface area contributed by atoms with E-state index in [-0.39, 0.29) is 29.1 Å². The van der Waals surface area contributed by atoms with Crippen molar-refractivity contribution in [3.05, 3.63) is 112 Å². The Morgan fingerprint density at radius 1 is 0.978 bits per heavy atom. The van der Waals surface area contributed by atoms with E-state index in [1.165, 1.54) is 43.5 Å². The Hall–Kier alpha value is -5.17. The van der Waals surface area contributed by atoms with Crippen LogP contribution in [0.25, 0.3) is 22.6 Å². The van der Waals surface area contributed by atoms with Crippen molar-refractivity contribution in [1.82, 2.24) is 9.88 Å². The number of alkyl halides is 3. The van der Waals surface area contributed by atoms with Gasteiger partial charge >= 0.3 is 12.1 Å². The number of halogens is 4. The standard InChI is InChI=1S/C33H25BrF3N3O6/c1-45-25-12-7-22(26(16-25)33(35,36)37)15-29(41)38-24-10-5-21(6-11-24)32(44)40(18-30(42)43)17-19-2-13-27-28(14-19)46-31(39-27)20-3-8-23(34)9-4-20/h2-14,16H,15,17-18H2,1H3,(H,38,41)(H,42,43). The third-order valence-corrected chi connectivity index (χ3v) is 7.45. The minimum Gasteiger partial charge on any atom is -0.497 e. The summed E-state index contributed by atoms with van der Waals surface area (Å²) in [5.41, 5.74) is 1.63. The van der Waals surface area contributed by atoms with Crippen molar-refractivity contribution in [2.45, 2.75) is 19.1 Å². The van der Waals surface area contributed by atoms with Gasteiger partial charge in [-0.25, -0.2) is 4.98 Å². The number of carboxylic acid groups (broad SMARTS) is 1. The molecular weight excluding hydrogens is 671 g/mol. The summed E-state index contributed by atoms with van der Waals surface area (Å²) in [4.78, 5) is 43.2. The highest BCUT2D eigenvalue weighted by atomic mass is 79.9. The normalized spacial score (nSPS) is 11.3. The molecule has 0 bridgehead atoms. The SMILES string of the molecule is COc1ccc(CC(=O)Nc2ccc(C(=O)N(CC(=O)O)Cc3ccc4nc(-c5ccc(Br)cc5)oc4c3)cc2)c(C(F)(F)F)c1. The fraction of sp³-hybridized carbons (Fsp3) is 0.152. The molecule has 1 heterocycles. The van der Waals surface area contributed by atoms with Gasteiger partial charge in [-0.1, -0.05) is 28.1 Å². The molecule has 0 aliphatic rings.